The zero-order valence-electron chi connectivity index (χ0n) is 16.2. The molecule has 1 atom stereocenters. The number of nitrogens with zero attached hydrogens (tertiary/aromatic N) is 3. The van der Waals surface area contributed by atoms with Gasteiger partial charge in [0.2, 0.25) is 21.8 Å². The number of ether oxygens (including phenoxy) is 2. The number of amides is 1. The average Bonchev–Trinajstić information content (AvgIpc) is 3.53. The van der Waals surface area contributed by atoms with Gasteiger partial charge in [-0.25, -0.2) is 8.42 Å². The molecule has 3 heterocycles. The standard InChI is InChI=1S/C20H18N4O5S2/c25-18(21-13-8-9-16-17(11-13)29-12-28-16)20-23-22-19(30-20)15-7-4-10-24(15)31(26,27)14-5-2-1-3-6-14/h1-3,5-6,8-9,11,15H,4,7,10,12H2,(H,21,25). The van der Waals surface area contributed by atoms with Crippen LogP contribution in [0.2, 0.25) is 0 Å². The number of hydrogen-bond donors (Lipinski definition) is 1. The van der Waals surface area contributed by atoms with E-state index in [9.17, 15) is 13.2 Å². The minimum atomic E-state index is -3.66. The van der Waals surface area contributed by atoms with Crippen molar-refractivity contribution < 1.29 is 22.7 Å². The fraction of sp³-hybridized carbons (Fsp3) is 0.250. The van der Waals surface area contributed by atoms with E-state index in [2.05, 4.69) is 15.5 Å². The monoisotopic (exact) mass is 458 g/mol. The lowest BCUT2D eigenvalue weighted by Gasteiger charge is -2.22. The van der Waals surface area contributed by atoms with Crippen LogP contribution in [0.25, 0.3) is 0 Å². The minimum absolute atomic E-state index is 0.149. The second-order valence-electron chi connectivity index (χ2n) is 7.05. The third kappa shape index (κ3) is 3.75. The highest BCUT2D eigenvalue weighted by atomic mass is 32.2. The van der Waals surface area contributed by atoms with Crippen molar-refractivity contribution in [2.75, 3.05) is 18.7 Å². The van der Waals surface area contributed by atoms with Crippen LogP contribution in [-0.4, -0.2) is 42.2 Å². The first-order valence-electron chi connectivity index (χ1n) is 9.64. The van der Waals surface area contributed by atoms with Crippen molar-refractivity contribution in [2.24, 2.45) is 0 Å². The quantitative estimate of drug-likeness (QED) is 0.626. The minimum Gasteiger partial charge on any atom is -0.454 e. The summed E-state index contributed by atoms with van der Waals surface area (Å²) in [5, 5.41) is 11.6. The van der Waals surface area contributed by atoms with Crippen LogP contribution in [0.5, 0.6) is 11.5 Å². The highest BCUT2D eigenvalue weighted by Crippen LogP contribution is 2.38. The summed E-state index contributed by atoms with van der Waals surface area (Å²) in [6, 6.07) is 13.0. The maximum Gasteiger partial charge on any atom is 0.286 e. The summed E-state index contributed by atoms with van der Waals surface area (Å²) in [6.07, 6.45) is 1.35. The summed E-state index contributed by atoms with van der Waals surface area (Å²) >= 11 is 1.10. The zero-order chi connectivity index (χ0) is 21.4. The van der Waals surface area contributed by atoms with Crippen molar-refractivity contribution in [3.8, 4) is 11.5 Å². The van der Waals surface area contributed by atoms with Crippen molar-refractivity contribution >= 4 is 33.0 Å². The lowest BCUT2D eigenvalue weighted by molar-refractivity contribution is 0.102. The molecule has 1 N–H and O–H groups in total. The predicted molar refractivity (Wildman–Crippen MR) is 113 cm³/mol. The molecule has 2 aliphatic heterocycles. The smallest absolute Gasteiger partial charge is 0.286 e. The molecule has 1 saturated heterocycles. The maximum atomic E-state index is 13.1. The molecule has 5 rings (SSSR count). The van der Waals surface area contributed by atoms with Gasteiger partial charge in [0.25, 0.3) is 5.91 Å². The Balaban J connectivity index is 1.34. The van der Waals surface area contributed by atoms with E-state index in [1.54, 1.807) is 48.5 Å². The van der Waals surface area contributed by atoms with E-state index in [1.807, 2.05) is 0 Å². The molecule has 2 aliphatic rings. The number of carbonyl (C=O) groups excluding carboxylic acids is 1. The number of nitrogens with one attached hydrogen (secondary N) is 1. The number of carbonyl (C=O) groups is 1. The molecule has 0 aliphatic carbocycles. The van der Waals surface area contributed by atoms with Gasteiger partial charge in [-0.2, -0.15) is 4.31 Å². The number of sulfonamides is 1. The van der Waals surface area contributed by atoms with E-state index < -0.39 is 22.0 Å². The number of aromatic nitrogens is 2. The molecule has 160 valence electrons. The molecule has 11 heteroatoms. The van der Waals surface area contributed by atoms with E-state index in [-0.39, 0.29) is 16.7 Å². The second kappa shape index (κ2) is 7.91. The lowest BCUT2D eigenvalue weighted by Crippen LogP contribution is -2.30. The molecule has 3 aromatic rings. The van der Waals surface area contributed by atoms with Crippen LogP contribution in [0.15, 0.2) is 53.4 Å². The first-order valence-corrected chi connectivity index (χ1v) is 11.9. The van der Waals surface area contributed by atoms with Crippen LogP contribution in [0.3, 0.4) is 0 Å². The molecule has 2 aromatic carbocycles. The van der Waals surface area contributed by atoms with E-state index in [0.717, 1.165) is 17.8 Å². The Morgan fingerprint density at radius 2 is 1.90 bits per heavy atom. The first-order chi connectivity index (χ1) is 15.0. The molecule has 0 bridgehead atoms. The van der Waals surface area contributed by atoms with E-state index in [0.29, 0.717) is 35.2 Å². The normalized spacial score (nSPS) is 18.3. The molecule has 9 nitrogen and oxygen atoms in total. The Morgan fingerprint density at radius 3 is 2.74 bits per heavy atom. The fourth-order valence-corrected chi connectivity index (χ4v) is 6.26. The van der Waals surface area contributed by atoms with Crippen molar-refractivity contribution in [1.29, 1.82) is 0 Å². The van der Waals surface area contributed by atoms with Gasteiger partial charge < -0.3 is 14.8 Å². The van der Waals surface area contributed by atoms with Gasteiger partial charge in [0.1, 0.15) is 5.01 Å². The van der Waals surface area contributed by atoms with Crippen LogP contribution in [0.1, 0.15) is 33.7 Å². The third-order valence-corrected chi connectivity index (χ3v) is 8.05. The largest absolute Gasteiger partial charge is 0.454 e. The summed E-state index contributed by atoms with van der Waals surface area (Å²) in [7, 11) is -3.66. The summed E-state index contributed by atoms with van der Waals surface area (Å²) in [5.41, 5.74) is 0.542. The van der Waals surface area contributed by atoms with Gasteiger partial charge in [-0.05, 0) is 37.1 Å². The molecule has 0 saturated carbocycles. The molecule has 1 amide bonds. The van der Waals surface area contributed by atoms with Gasteiger partial charge in [0.15, 0.2) is 11.5 Å². The summed E-state index contributed by atoms with van der Waals surface area (Å²) in [5.74, 6) is 0.763. The van der Waals surface area contributed by atoms with Crippen LogP contribution in [0, 0.1) is 0 Å². The third-order valence-electron chi connectivity index (χ3n) is 5.10. The van der Waals surface area contributed by atoms with Gasteiger partial charge in [-0.1, -0.05) is 29.5 Å². The number of benzene rings is 2. The molecule has 31 heavy (non-hydrogen) atoms. The highest BCUT2D eigenvalue weighted by molar-refractivity contribution is 7.89. The Morgan fingerprint density at radius 1 is 1.10 bits per heavy atom. The molecular weight excluding hydrogens is 440 g/mol. The van der Waals surface area contributed by atoms with Crippen LogP contribution in [0.4, 0.5) is 5.69 Å². The topological polar surface area (TPSA) is 111 Å². The van der Waals surface area contributed by atoms with Gasteiger partial charge >= 0.3 is 0 Å². The van der Waals surface area contributed by atoms with Crippen molar-refractivity contribution in [2.45, 2.75) is 23.8 Å². The van der Waals surface area contributed by atoms with Gasteiger partial charge in [0.05, 0.1) is 10.9 Å². The zero-order valence-corrected chi connectivity index (χ0v) is 17.9. The molecule has 0 spiro atoms. The number of anilines is 1. The summed E-state index contributed by atoms with van der Waals surface area (Å²) in [6.45, 7) is 0.552. The SMILES string of the molecule is O=C(Nc1ccc2c(c1)OCO2)c1nnc(C2CCCN2S(=O)(=O)c2ccccc2)s1. The van der Waals surface area contributed by atoms with Crippen molar-refractivity contribution in [3.05, 3.63) is 58.5 Å². The van der Waals surface area contributed by atoms with Gasteiger partial charge in [-0.3, -0.25) is 4.79 Å². The first kappa shape index (κ1) is 19.9. The summed E-state index contributed by atoms with van der Waals surface area (Å²) < 4.78 is 38.2. The average molecular weight is 459 g/mol. The van der Waals surface area contributed by atoms with Gasteiger partial charge in [0, 0.05) is 18.3 Å². The summed E-state index contributed by atoms with van der Waals surface area (Å²) in [4.78, 5) is 12.9. The molecule has 1 unspecified atom stereocenters. The lowest BCUT2D eigenvalue weighted by atomic mass is 10.2. The van der Waals surface area contributed by atoms with Gasteiger partial charge in [-0.15, -0.1) is 10.2 Å². The number of hydrogen-bond acceptors (Lipinski definition) is 8. The van der Waals surface area contributed by atoms with E-state index in [4.69, 9.17) is 9.47 Å². The van der Waals surface area contributed by atoms with E-state index >= 15 is 0 Å². The van der Waals surface area contributed by atoms with Crippen LogP contribution >= 0.6 is 11.3 Å². The molecule has 0 radical (unpaired) electrons. The number of fused-ring (bicyclic) bond motifs is 1. The van der Waals surface area contributed by atoms with Crippen LogP contribution in [-0.2, 0) is 10.0 Å². The maximum absolute atomic E-state index is 13.1. The van der Waals surface area contributed by atoms with Crippen LogP contribution < -0.4 is 14.8 Å². The molecule has 1 fully saturated rings. The Kier molecular flexibility index (Phi) is 5.08. The fourth-order valence-electron chi connectivity index (χ4n) is 3.62. The highest BCUT2D eigenvalue weighted by Gasteiger charge is 2.38. The Labute approximate surface area is 182 Å². The second-order valence-corrected chi connectivity index (χ2v) is 9.95. The Hall–Kier alpha value is -3.02. The number of rotatable bonds is 5. The molecule has 1 aromatic heterocycles. The Bertz CT molecular complexity index is 1230. The van der Waals surface area contributed by atoms with Crippen molar-refractivity contribution in [3.63, 3.8) is 0 Å². The van der Waals surface area contributed by atoms with E-state index in [1.165, 1.54) is 4.31 Å². The molecular formula is C20H18N4O5S2. The van der Waals surface area contributed by atoms with Crippen molar-refractivity contribution in [1.82, 2.24) is 14.5 Å². The predicted octanol–water partition coefficient (Wildman–Crippen LogP) is 3.04.